The summed E-state index contributed by atoms with van der Waals surface area (Å²) in [6.07, 6.45) is 5.93. The van der Waals surface area contributed by atoms with Gasteiger partial charge in [0.2, 0.25) is 15.9 Å². The SMILES string of the molecule is C=CCCC1(C)C[C@H](c2cccc(Cl)c2)[C@@H](c2ccc(Cl)cc2)N(C(CC)CN(C)S(=O)(=O)C2CC2)C1=O. The fourth-order valence-corrected chi connectivity index (χ4v) is 7.81. The normalized spacial score (nSPS) is 25.0. The molecule has 1 aliphatic heterocycles. The van der Waals surface area contributed by atoms with Crippen LogP contribution in [-0.2, 0) is 14.8 Å². The lowest BCUT2D eigenvalue weighted by Crippen LogP contribution is -2.58. The molecule has 206 valence electrons. The lowest BCUT2D eigenvalue weighted by Gasteiger charge is -2.52. The molecule has 2 aromatic carbocycles. The minimum absolute atomic E-state index is 0.0400. The molecule has 2 fully saturated rings. The Morgan fingerprint density at radius 1 is 1.13 bits per heavy atom. The maximum absolute atomic E-state index is 14.5. The van der Waals surface area contributed by atoms with E-state index < -0.39 is 15.4 Å². The Bertz CT molecular complexity index is 1260. The minimum atomic E-state index is -3.38. The molecule has 0 spiro atoms. The van der Waals surface area contributed by atoms with Gasteiger partial charge in [0.1, 0.15) is 0 Å². The third kappa shape index (κ3) is 5.99. The molecule has 5 nitrogen and oxygen atoms in total. The maximum Gasteiger partial charge on any atom is 0.229 e. The number of halogens is 2. The van der Waals surface area contributed by atoms with E-state index in [1.54, 1.807) is 7.05 Å². The second-order valence-electron chi connectivity index (χ2n) is 11.0. The van der Waals surface area contributed by atoms with E-state index in [1.165, 1.54) is 4.31 Å². The highest BCUT2D eigenvalue weighted by molar-refractivity contribution is 7.90. The number of likely N-dealkylation sites (tertiary alicyclic amines) is 1. The molecule has 0 aromatic heterocycles. The van der Waals surface area contributed by atoms with Crippen LogP contribution in [0.3, 0.4) is 0 Å². The minimum Gasteiger partial charge on any atom is -0.330 e. The van der Waals surface area contributed by atoms with Gasteiger partial charge >= 0.3 is 0 Å². The van der Waals surface area contributed by atoms with Crippen molar-refractivity contribution in [1.29, 1.82) is 0 Å². The second kappa shape index (κ2) is 11.7. The van der Waals surface area contributed by atoms with Crippen LogP contribution in [0.15, 0.2) is 61.2 Å². The summed E-state index contributed by atoms with van der Waals surface area (Å²) in [4.78, 5) is 16.5. The van der Waals surface area contributed by atoms with Crippen LogP contribution in [0.1, 0.15) is 75.5 Å². The number of benzene rings is 2. The van der Waals surface area contributed by atoms with Gasteiger partial charge < -0.3 is 4.90 Å². The molecule has 2 aromatic rings. The average Bonchev–Trinajstić information content (AvgIpc) is 3.75. The van der Waals surface area contributed by atoms with Gasteiger partial charge in [0.05, 0.1) is 11.3 Å². The predicted molar refractivity (Wildman–Crippen MR) is 156 cm³/mol. The molecule has 2 aliphatic rings. The molecular weight excluding hydrogens is 539 g/mol. The average molecular weight is 578 g/mol. The van der Waals surface area contributed by atoms with Crippen LogP contribution < -0.4 is 0 Å². The summed E-state index contributed by atoms with van der Waals surface area (Å²) in [6, 6.07) is 14.9. The first kappa shape index (κ1) is 29.1. The van der Waals surface area contributed by atoms with E-state index >= 15 is 0 Å². The quantitative estimate of drug-likeness (QED) is 0.265. The van der Waals surface area contributed by atoms with Gasteiger partial charge in [0.25, 0.3) is 0 Å². The molecule has 1 heterocycles. The summed E-state index contributed by atoms with van der Waals surface area (Å²) < 4.78 is 27.6. The van der Waals surface area contributed by atoms with Gasteiger partial charge in [-0.2, -0.15) is 0 Å². The van der Waals surface area contributed by atoms with Crippen molar-refractivity contribution in [3.63, 3.8) is 0 Å². The third-order valence-corrected chi connectivity index (χ3v) is 11.0. The fraction of sp³-hybridized carbons (Fsp3) is 0.500. The molecular formula is C30H38Cl2N2O3S. The molecule has 8 heteroatoms. The standard InChI is InChI=1S/C30H38Cl2N2O3S/c1-5-7-17-30(3)19-27(22-9-8-10-24(32)18-22)28(21-11-13-23(31)14-12-21)34(29(30)35)25(6-2)20-33(4)38(36,37)26-15-16-26/h5,8-14,18,25-28H,1,6-7,15-17,19-20H2,2-4H3/t25?,27-,28-,30?/m1/s1. The fourth-order valence-electron chi connectivity index (χ4n) is 5.86. The van der Waals surface area contributed by atoms with Crippen molar-refractivity contribution in [1.82, 2.24) is 9.21 Å². The second-order valence-corrected chi connectivity index (χ2v) is 14.2. The van der Waals surface area contributed by atoms with Gasteiger partial charge in [0.15, 0.2) is 0 Å². The number of carbonyl (C=O) groups excluding carboxylic acids is 1. The van der Waals surface area contributed by atoms with Crippen molar-refractivity contribution in [3.8, 4) is 0 Å². The highest BCUT2D eigenvalue weighted by atomic mass is 35.5. The molecule has 2 unspecified atom stereocenters. The van der Waals surface area contributed by atoms with E-state index in [0.717, 1.165) is 17.5 Å². The highest BCUT2D eigenvalue weighted by Crippen LogP contribution is 2.52. The molecule has 0 N–H and O–H groups in total. The lowest BCUT2D eigenvalue weighted by molar-refractivity contribution is -0.155. The summed E-state index contributed by atoms with van der Waals surface area (Å²) >= 11 is 12.7. The lowest BCUT2D eigenvalue weighted by atomic mass is 9.66. The number of nitrogens with zero attached hydrogens (tertiary/aromatic N) is 2. The van der Waals surface area contributed by atoms with Crippen LogP contribution in [0.25, 0.3) is 0 Å². The topological polar surface area (TPSA) is 57.7 Å². The van der Waals surface area contributed by atoms with Crippen molar-refractivity contribution in [2.24, 2.45) is 5.41 Å². The zero-order valence-corrected chi connectivity index (χ0v) is 24.8. The van der Waals surface area contributed by atoms with Crippen LogP contribution in [-0.4, -0.2) is 48.4 Å². The maximum atomic E-state index is 14.5. The van der Waals surface area contributed by atoms with E-state index in [-0.39, 0.29) is 35.7 Å². The first-order valence-corrected chi connectivity index (χ1v) is 15.7. The Labute approximate surface area is 237 Å². The number of piperidine rings is 1. The van der Waals surface area contributed by atoms with Crippen LogP contribution in [0.5, 0.6) is 0 Å². The molecule has 0 bridgehead atoms. The summed E-state index contributed by atoms with van der Waals surface area (Å²) in [5.74, 6) is 0.0171. The van der Waals surface area contributed by atoms with E-state index in [4.69, 9.17) is 23.2 Å². The Kier molecular flexibility index (Phi) is 8.98. The van der Waals surface area contributed by atoms with Crippen LogP contribution in [0, 0.1) is 5.41 Å². The largest absolute Gasteiger partial charge is 0.330 e. The Morgan fingerprint density at radius 2 is 1.82 bits per heavy atom. The zero-order chi connectivity index (χ0) is 27.7. The smallest absolute Gasteiger partial charge is 0.229 e. The van der Waals surface area contributed by atoms with Crippen molar-refractivity contribution in [2.45, 2.75) is 75.6 Å². The van der Waals surface area contributed by atoms with E-state index in [0.29, 0.717) is 42.1 Å². The molecule has 4 atom stereocenters. The summed E-state index contributed by atoms with van der Waals surface area (Å²) in [5, 5.41) is 0.974. The number of amides is 1. The molecule has 4 rings (SSSR count). The van der Waals surface area contributed by atoms with Gasteiger partial charge in [-0.25, -0.2) is 12.7 Å². The van der Waals surface area contributed by atoms with Crippen LogP contribution >= 0.6 is 23.2 Å². The molecule has 0 radical (unpaired) electrons. The van der Waals surface area contributed by atoms with Crippen LogP contribution in [0.2, 0.25) is 10.0 Å². The number of hydrogen-bond donors (Lipinski definition) is 0. The van der Waals surface area contributed by atoms with Gasteiger partial charge in [-0.1, -0.05) is 67.4 Å². The first-order valence-electron chi connectivity index (χ1n) is 13.4. The van der Waals surface area contributed by atoms with Crippen molar-refractivity contribution < 1.29 is 13.2 Å². The number of hydrogen-bond acceptors (Lipinski definition) is 3. The first-order chi connectivity index (χ1) is 18.0. The van der Waals surface area contributed by atoms with E-state index in [1.807, 2.05) is 67.3 Å². The van der Waals surface area contributed by atoms with Crippen LogP contribution in [0.4, 0.5) is 0 Å². The Balaban J connectivity index is 1.84. The van der Waals surface area contributed by atoms with Crippen molar-refractivity contribution in [3.05, 3.63) is 82.4 Å². The molecule has 1 amide bonds. The van der Waals surface area contributed by atoms with E-state index in [9.17, 15) is 13.2 Å². The number of likely N-dealkylation sites (N-methyl/N-ethyl adjacent to an activating group) is 1. The Morgan fingerprint density at radius 3 is 2.39 bits per heavy atom. The Hall–Kier alpha value is -1.86. The number of rotatable bonds is 11. The monoisotopic (exact) mass is 576 g/mol. The van der Waals surface area contributed by atoms with Crippen molar-refractivity contribution in [2.75, 3.05) is 13.6 Å². The van der Waals surface area contributed by atoms with E-state index in [2.05, 4.69) is 12.6 Å². The summed E-state index contributed by atoms with van der Waals surface area (Å²) in [6.45, 7) is 8.21. The summed E-state index contributed by atoms with van der Waals surface area (Å²) in [5.41, 5.74) is 1.41. The van der Waals surface area contributed by atoms with Gasteiger partial charge in [-0.3, -0.25) is 4.79 Å². The van der Waals surface area contributed by atoms with Gasteiger partial charge in [0, 0.05) is 41.0 Å². The molecule has 1 aliphatic carbocycles. The zero-order valence-electron chi connectivity index (χ0n) is 22.4. The third-order valence-electron chi connectivity index (χ3n) is 8.20. The number of carbonyl (C=O) groups is 1. The molecule has 1 saturated carbocycles. The number of allylic oxidation sites excluding steroid dienone is 1. The highest BCUT2D eigenvalue weighted by Gasteiger charge is 2.51. The predicted octanol–water partition coefficient (Wildman–Crippen LogP) is 7.23. The van der Waals surface area contributed by atoms with Crippen molar-refractivity contribution >= 4 is 39.1 Å². The molecule has 38 heavy (non-hydrogen) atoms. The molecule has 1 saturated heterocycles. The van der Waals surface area contributed by atoms with Gasteiger partial charge in [-0.05, 0) is 73.9 Å². The summed E-state index contributed by atoms with van der Waals surface area (Å²) in [7, 11) is -1.74. The van der Waals surface area contributed by atoms with Gasteiger partial charge in [-0.15, -0.1) is 6.58 Å². The number of sulfonamides is 1.